The molecular formula is C14H13BrClNO2. The van der Waals surface area contributed by atoms with Gasteiger partial charge in [0, 0.05) is 10.7 Å². The molecular weight excluding hydrogens is 330 g/mol. The van der Waals surface area contributed by atoms with Gasteiger partial charge in [-0.15, -0.1) is 0 Å². The third-order valence-corrected chi connectivity index (χ3v) is 3.37. The van der Waals surface area contributed by atoms with Crippen LogP contribution in [0.2, 0.25) is 5.02 Å². The average molecular weight is 343 g/mol. The molecule has 0 bridgehead atoms. The van der Waals surface area contributed by atoms with E-state index in [9.17, 15) is 5.11 Å². The molecule has 0 saturated heterocycles. The lowest BCUT2D eigenvalue weighted by Gasteiger charge is -2.10. The lowest BCUT2D eigenvalue weighted by molar-refractivity contribution is 0.199. The van der Waals surface area contributed by atoms with Gasteiger partial charge in [-0.05, 0) is 52.7 Å². The van der Waals surface area contributed by atoms with Crippen molar-refractivity contribution in [2.75, 3.05) is 0 Å². The number of benzene rings is 1. The number of aliphatic hydroxyl groups is 1. The van der Waals surface area contributed by atoms with Gasteiger partial charge in [-0.3, -0.25) is 4.98 Å². The number of pyridine rings is 1. The molecule has 0 amide bonds. The summed E-state index contributed by atoms with van der Waals surface area (Å²) in [5, 5.41) is 9.94. The van der Waals surface area contributed by atoms with Crippen molar-refractivity contribution in [3.05, 3.63) is 57.3 Å². The highest BCUT2D eigenvalue weighted by Gasteiger charge is 2.07. The fourth-order valence-electron chi connectivity index (χ4n) is 1.54. The highest BCUT2D eigenvalue weighted by Crippen LogP contribution is 2.28. The SMILES string of the molecule is C[C@@H](O)c1ccc(OCc2ccc(Br)cn2)c(Cl)c1. The molecule has 1 N–H and O–H groups in total. The molecule has 100 valence electrons. The second-order valence-electron chi connectivity index (χ2n) is 4.12. The zero-order valence-corrected chi connectivity index (χ0v) is 12.6. The van der Waals surface area contributed by atoms with Crippen molar-refractivity contribution in [1.82, 2.24) is 4.98 Å². The Morgan fingerprint density at radius 2 is 2.16 bits per heavy atom. The molecule has 1 aromatic heterocycles. The summed E-state index contributed by atoms with van der Waals surface area (Å²) in [7, 11) is 0. The van der Waals surface area contributed by atoms with Gasteiger partial charge in [0.1, 0.15) is 12.4 Å². The first-order chi connectivity index (χ1) is 9.06. The lowest BCUT2D eigenvalue weighted by Crippen LogP contribution is -1.99. The summed E-state index contributed by atoms with van der Waals surface area (Å²) in [5.41, 5.74) is 1.58. The van der Waals surface area contributed by atoms with E-state index in [4.69, 9.17) is 16.3 Å². The summed E-state index contributed by atoms with van der Waals surface area (Å²) in [6.45, 7) is 2.04. The van der Waals surface area contributed by atoms with E-state index >= 15 is 0 Å². The number of rotatable bonds is 4. The topological polar surface area (TPSA) is 42.4 Å². The molecule has 1 aromatic carbocycles. The second kappa shape index (κ2) is 6.37. The Balaban J connectivity index is 2.05. The lowest BCUT2D eigenvalue weighted by atomic mass is 10.1. The number of nitrogens with zero attached hydrogens (tertiary/aromatic N) is 1. The van der Waals surface area contributed by atoms with E-state index in [1.807, 2.05) is 12.1 Å². The molecule has 0 radical (unpaired) electrons. The molecule has 0 unspecified atom stereocenters. The molecule has 0 saturated carbocycles. The number of hydrogen-bond acceptors (Lipinski definition) is 3. The van der Waals surface area contributed by atoms with E-state index in [0.29, 0.717) is 17.4 Å². The Hall–Kier alpha value is -1.10. The number of aromatic nitrogens is 1. The van der Waals surface area contributed by atoms with Gasteiger partial charge in [0.15, 0.2) is 0 Å². The Morgan fingerprint density at radius 1 is 1.37 bits per heavy atom. The first-order valence-electron chi connectivity index (χ1n) is 5.77. The van der Waals surface area contributed by atoms with E-state index in [2.05, 4.69) is 20.9 Å². The van der Waals surface area contributed by atoms with Crippen molar-refractivity contribution in [3.63, 3.8) is 0 Å². The van der Waals surface area contributed by atoms with Crippen LogP contribution >= 0.6 is 27.5 Å². The molecule has 0 fully saturated rings. The van der Waals surface area contributed by atoms with Gasteiger partial charge in [0.05, 0.1) is 16.8 Å². The van der Waals surface area contributed by atoms with Gasteiger partial charge in [0.2, 0.25) is 0 Å². The molecule has 2 rings (SSSR count). The van der Waals surface area contributed by atoms with Gasteiger partial charge in [-0.1, -0.05) is 17.7 Å². The van der Waals surface area contributed by atoms with Crippen LogP contribution in [0.3, 0.4) is 0 Å². The predicted molar refractivity (Wildman–Crippen MR) is 78.4 cm³/mol. The maximum atomic E-state index is 9.46. The first kappa shape index (κ1) is 14.3. The quantitative estimate of drug-likeness (QED) is 0.908. The van der Waals surface area contributed by atoms with Crippen LogP contribution in [-0.4, -0.2) is 10.1 Å². The van der Waals surface area contributed by atoms with Crippen LogP contribution in [0.4, 0.5) is 0 Å². The first-order valence-corrected chi connectivity index (χ1v) is 6.94. The van der Waals surface area contributed by atoms with Crippen LogP contribution in [0.25, 0.3) is 0 Å². The molecule has 0 spiro atoms. The molecule has 0 aliphatic heterocycles. The summed E-state index contributed by atoms with van der Waals surface area (Å²) in [5.74, 6) is 0.579. The summed E-state index contributed by atoms with van der Waals surface area (Å²) < 4.78 is 6.53. The fourth-order valence-corrected chi connectivity index (χ4v) is 2.02. The zero-order chi connectivity index (χ0) is 13.8. The van der Waals surface area contributed by atoms with Gasteiger partial charge in [-0.25, -0.2) is 0 Å². The maximum absolute atomic E-state index is 9.46. The molecule has 2 aromatic rings. The molecule has 19 heavy (non-hydrogen) atoms. The summed E-state index contributed by atoms with van der Waals surface area (Å²) in [6.07, 6.45) is 1.18. The van der Waals surface area contributed by atoms with E-state index in [-0.39, 0.29) is 0 Å². The smallest absolute Gasteiger partial charge is 0.138 e. The Morgan fingerprint density at radius 3 is 2.74 bits per heavy atom. The molecule has 3 nitrogen and oxygen atoms in total. The summed E-state index contributed by atoms with van der Waals surface area (Å²) >= 11 is 9.43. The molecule has 0 aliphatic rings. The van der Waals surface area contributed by atoms with Crippen molar-refractivity contribution in [2.45, 2.75) is 19.6 Å². The minimum Gasteiger partial charge on any atom is -0.486 e. The van der Waals surface area contributed by atoms with Crippen molar-refractivity contribution < 1.29 is 9.84 Å². The van der Waals surface area contributed by atoms with E-state index < -0.39 is 6.10 Å². The Bertz CT molecular complexity index is 558. The second-order valence-corrected chi connectivity index (χ2v) is 5.45. The van der Waals surface area contributed by atoms with Crippen LogP contribution in [0.15, 0.2) is 41.0 Å². The molecule has 1 atom stereocenters. The van der Waals surface area contributed by atoms with Crippen LogP contribution < -0.4 is 4.74 Å². The highest BCUT2D eigenvalue weighted by atomic mass is 79.9. The van der Waals surface area contributed by atoms with Gasteiger partial charge in [-0.2, -0.15) is 0 Å². The number of halogens is 2. The Labute approximate surface area is 125 Å². The maximum Gasteiger partial charge on any atom is 0.138 e. The Kier molecular flexibility index (Phi) is 4.80. The predicted octanol–water partition coefficient (Wildman–Crippen LogP) is 4.13. The van der Waals surface area contributed by atoms with Crippen LogP contribution in [0.5, 0.6) is 5.75 Å². The van der Waals surface area contributed by atoms with Gasteiger partial charge >= 0.3 is 0 Å². The fraction of sp³-hybridized carbons (Fsp3) is 0.214. The third-order valence-electron chi connectivity index (χ3n) is 2.60. The monoisotopic (exact) mass is 341 g/mol. The average Bonchev–Trinajstić information content (AvgIpc) is 2.39. The van der Waals surface area contributed by atoms with Crippen molar-refractivity contribution >= 4 is 27.5 Å². The van der Waals surface area contributed by atoms with Crippen molar-refractivity contribution in [3.8, 4) is 5.75 Å². The summed E-state index contributed by atoms with van der Waals surface area (Å²) in [6, 6.07) is 9.03. The van der Waals surface area contributed by atoms with Crippen LogP contribution in [-0.2, 0) is 6.61 Å². The molecule has 0 aliphatic carbocycles. The largest absolute Gasteiger partial charge is 0.486 e. The number of aliphatic hydroxyl groups excluding tert-OH is 1. The minimum atomic E-state index is -0.542. The standard InChI is InChI=1S/C14H13BrClNO2/c1-9(18)10-2-5-14(13(16)6-10)19-8-12-4-3-11(15)7-17-12/h2-7,9,18H,8H2,1H3/t9-/m1/s1. The van der Waals surface area contributed by atoms with Gasteiger partial charge < -0.3 is 9.84 Å². The van der Waals surface area contributed by atoms with Crippen LogP contribution in [0, 0.1) is 0 Å². The summed E-state index contributed by atoms with van der Waals surface area (Å²) in [4.78, 5) is 4.21. The van der Waals surface area contributed by atoms with Gasteiger partial charge in [0.25, 0.3) is 0 Å². The minimum absolute atomic E-state index is 0.348. The number of ether oxygens (including phenoxy) is 1. The van der Waals surface area contributed by atoms with E-state index in [1.54, 1.807) is 31.3 Å². The molecule has 5 heteroatoms. The van der Waals surface area contributed by atoms with Crippen LogP contribution in [0.1, 0.15) is 24.3 Å². The van der Waals surface area contributed by atoms with E-state index in [0.717, 1.165) is 15.7 Å². The van der Waals surface area contributed by atoms with E-state index in [1.165, 1.54) is 0 Å². The third kappa shape index (κ3) is 3.93. The van der Waals surface area contributed by atoms with Crippen molar-refractivity contribution in [2.24, 2.45) is 0 Å². The zero-order valence-electron chi connectivity index (χ0n) is 10.3. The van der Waals surface area contributed by atoms with Crippen molar-refractivity contribution in [1.29, 1.82) is 0 Å². The normalized spacial score (nSPS) is 12.2. The molecule has 1 heterocycles. The number of hydrogen-bond donors (Lipinski definition) is 1. The highest BCUT2D eigenvalue weighted by molar-refractivity contribution is 9.10.